The van der Waals surface area contributed by atoms with Crippen molar-refractivity contribution in [2.75, 3.05) is 14.2 Å². The molecule has 0 amide bonds. The number of benzene rings is 3. The SMILES string of the molecule is COc1cc(OC)cc(-c2n/c(=C\c3c(O)[nH]c4cc(Cl)ccc34)cc3c2=Nc2ccccc2-3)c1. The summed E-state index contributed by atoms with van der Waals surface area (Å²) >= 11 is 6.14. The van der Waals surface area contributed by atoms with Crippen molar-refractivity contribution in [3.63, 3.8) is 0 Å². The third-order valence-corrected chi connectivity index (χ3v) is 6.37. The van der Waals surface area contributed by atoms with Crippen LogP contribution < -0.4 is 20.2 Å². The van der Waals surface area contributed by atoms with Crippen LogP contribution >= 0.6 is 11.6 Å². The quantitative estimate of drug-likeness (QED) is 0.355. The number of ether oxygens (including phenoxy) is 2. The standard InChI is InChI=1S/C28H20ClN3O3/c1-34-18-9-15(10-19(14-18)35-2)26-27-22(20-5-3-4-6-24(20)31-27)12-17(30-26)13-23-21-8-7-16(29)11-25(21)32-28(23)33/h3-14,32-33H,1-2H3/b17-13-. The van der Waals surface area contributed by atoms with Crippen molar-refractivity contribution < 1.29 is 14.6 Å². The molecule has 2 N–H and O–H groups in total. The summed E-state index contributed by atoms with van der Waals surface area (Å²) in [6.45, 7) is 0. The third kappa shape index (κ3) is 3.59. The molecular weight excluding hydrogens is 462 g/mol. The predicted octanol–water partition coefficient (Wildman–Crippen LogP) is 5.37. The van der Waals surface area contributed by atoms with Crippen molar-refractivity contribution in [3.05, 3.63) is 88.0 Å². The molecule has 0 bridgehead atoms. The van der Waals surface area contributed by atoms with Crippen molar-refractivity contribution in [3.8, 4) is 39.8 Å². The van der Waals surface area contributed by atoms with Crippen LogP contribution in [0.1, 0.15) is 5.56 Å². The summed E-state index contributed by atoms with van der Waals surface area (Å²) in [5.41, 5.74) is 5.81. The van der Waals surface area contributed by atoms with Crippen LogP contribution in [-0.2, 0) is 0 Å². The van der Waals surface area contributed by atoms with E-state index in [2.05, 4.69) is 11.1 Å². The number of halogens is 1. The van der Waals surface area contributed by atoms with Gasteiger partial charge in [-0.25, -0.2) is 9.98 Å². The molecule has 172 valence electrons. The van der Waals surface area contributed by atoms with E-state index < -0.39 is 0 Å². The highest BCUT2D eigenvalue weighted by atomic mass is 35.5. The van der Waals surface area contributed by atoms with Crippen molar-refractivity contribution in [2.45, 2.75) is 0 Å². The molecular formula is C28H20ClN3O3. The first kappa shape index (κ1) is 21.3. The Morgan fingerprint density at radius 2 is 1.69 bits per heavy atom. The second-order valence-electron chi connectivity index (χ2n) is 8.24. The van der Waals surface area contributed by atoms with Crippen LogP contribution in [0.4, 0.5) is 5.69 Å². The summed E-state index contributed by atoms with van der Waals surface area (Å²) in [6, 6.07) is 21.1. The van der Waals surface area contributed by atoms with Crippen LogP contribution in [0.2, 0.25) is 5.02 Å². The van der Waals surface area contributed by atoms with E-state index in [9.17, 15) is 5.11 Å². The van der Waals surface area contributed by atoms with Crippen LogP contribution in [-0.4, -0.2) is 29.3 Å². The predicted molar refractivity (Wildman–Crippen MR) is 137 cm³/mol. The molecule has 6 nitrogen and oxygen atoms in total. The first-order valence-electron chi connectivity index (χ1n) is 11.0. The number of nitrogens with one attached hydrogen (secondary N) is 1. The molecule has 6 rings (SSSR count). The highest BCUT2D eigenvalue weighted by molar-refractivity contribution is 6.31. The zero-order valence-electron chi connectivity index (χ0n) is 19.0. The van der Waals surface area contributed by atoms with Gasteiger partial charge in [0, 0.05) is 38.7 Å². The molecule has 3 aromatic carbocycles. The molecule has 5 aromatic rings. The fourth-order valence-corrected chi connectivity index (χ4v) is 4.66. The highest BCUT2D eigenvalue weighted by Crippen LogP contribution is 2.35. The number of H-pyrrole nitrogens is 1. The Balaban J connectivity index is 1.65. The van der Waals surface area contributed by atoms with Gasteiger partial charge in [0.05, 0.1) is 41.8 Å². The molecule has 1 aliphatic heterocycles. The lowest BCUT2D eigenvalue weighted by molar-refractivity contribution is 0.394. The van der Waals surface area contributed by atoms with Gasteiger partial charge in [-0.15, -0.1) is 0 Å². The van der Waals surface area contributed by atoms with Gasteiger partial charge in [0.25, 0.3) is 0 Å². The zero-order valence-corrected chi connectivity index (χ0v) is 19.7. The van der Waals surface area contributed by atoms with E-state index in [1.54, 1.807) is 26.4 Å². The molecule has 0 atom stereocenters. The molecule has 0 saturated carbocycles. The van der Waals surface area contributed by atoms with Gasteiger partial charge >= 0.3 is 0 Å². The number of hydrogen-bond acceptors (Lipinski definition) is 5. The van der Waals surface area contributed by atoms with E-state index >= 15 is 0 Å². The molecule has 0 unspecified atom stereocenters. The summed E-state index contributed by atoms with van der Waals surface area (Å²) in [6.07, 6.45) is 1.87. The third-order valence-electron chi connectivity index (χ3n) is 6.14. The Kier molecular flexibility index (Phi) is 4.97. The van der Waals surface area contributed by atoms with Crippen molar-refractivity contribution >= 4 is 34.3 Å². The van der Waals surface area contributed by atoms with Gasteiger partial charge in [0.15, 0.2) is 5.88 Å². The maximum atomic E-state index is 10.7. The normalized spacial score (nSPS) is 12.4. The molecule has 2 aromatic heterocycles. The fraction of sp³-hybridized carbons (Fsp3) is 0.0714. The second kappa shape index (κ2) is 8.18. The topological polar surface area (TPSA) is 79.7 Å². The molecule has 3 heterocycles. The number of aromatic nitrogens is 2. The Bertz CT molecular complexity index is 1740. The van der Waals surface area contributed by atoms with Crippen molar-refractivity contribution in [2.24, 2.45) is 4.99 Å². The molecule has 35 heavy (non-hydrogen) atoms. The van der Waals surface area contributed by atoms with Crippen LogP contribution in [0.25, 0.3) is 39.4 Å². The number of aromatic amines is 1. The van der Waals surface area contributed by atoms with E-state index in [4.69, 9.17) is 31.1 Å². The zero-order chi connectivity index (χ0) is 24.1. The number of para-hydroxylation sites is 1. The van der Waals surface area contributed by atoms with E-state index in [1.807, 2.05) is 54.6 Å². The maximum absolute atomic E-state index is 10.7. The smallest absolute Gasteiger partial charge is 0.196 e. The van der Waals surface area contributed by atoms with Crippen molar-refractivity contribution in [1.29, 1.82) is 0 Å². The average molecular weight is 482 g/mol. The van der Waals surface area contributed by atoms with E-state index in [1.165, 1.54) is 0 Å². The Morgan fingerprint density at radius 1 is 0.914 bits per heavy atom. The molecule has 0 saturated heterocycles. The Hall–Kier alpha value is -4.29. The lowest BCUT2D eigenvalue weighted by Gasteiger charge is -2.09. The minimum atomic E-state index is 0.0549. The minimum absolute atomic E-state index is 0.0549. The average Bonchev–Trinajstić information content (AvgIpc) is 3.39. The second-order valence-corrected chi connectivity index (χ2v) is 8.68. The summed E-state index contributed by atoms with van der Waals surface area (Å²) in [5, 5.41) is 13.6. The van der Waals surface area contributed by atoms with Gasteiger partial charge in [-0.2, -0.15) is 0 Å². The minimum Gasteiger partial charge on any atom is -0.497 e. The number of pyridine rings is 1. The molecule has 0 fully saturated rings. The van der Waals surface area contributed by atoms with Crippen molar-refractivity contribution in [1.82, 2.24) is 9.97 Å². The van der Waals surface area contributed by atoms with Crippen LogP contribution in [0.15, 0.2) is 71.7 Å². The first-order valence-corrected chi connectivity index (χ1v) is 11.4. The van der Waals surface area contributed by atoms with Crippen LogP contribution in [0.3, 0.4) is 0 Å². The van der Waals surface area contributed by atoms with Gasteiger partial charge in [0.1, 0.15) is 11.5 Å². The molecule has 1 aliphatic rings. The van der Waals surface area contributed by atoms with Gasteiger partial charge in [0.2, 0.25) is 0 Å². The number of rotatable bonds is 4. The molecule has 0 aliphatic carbocycles. The highest BCUT2D eigenvalue weighted by Gasteiger charge is 2.19. The summed E-state index contributed by atoms with van der Waals surface area (Å²) < 4.78 is 11.0. The number of fused-ring (bicyclic) bond motifs is 4. The largest absolute Gasteiger partial charge is 0.497 e. The first-order chi connectivity index (χ1) is 17.0. The molecule has 7 heteroatoms. The van der Waals surface area contributed by atoms with E-state index in [0.29, 0.717) is 33.1 Å². The number of aromatic hydroxyl groups is 1. The monoisotopic (exact) mass is 481 g/mol. The van der Waals surface area contributed by atoms with E-state index in [0.717, 1.165) is 38.6 Å². The lowest BCUT2D eigenvalue weighted by atomic mass is 10.0. The number of hydrogen-bond donors (Lipinski definition) is 2. The molecule has 0 spiro atoms. The van der Waals surface area contributed by atoms with Gasteiger partial charge in [-0.05, 0) is 42.5 Å². The van der Waals surface area contributed by atoms with Crippen LogP contribution in [0, 0.1) is 0 Å². The Morgan fingerprint density at radius 3 is 2.46 bits per heavy atom. The molecule has 0 radical (unpaired) electrons. The number of methoxy groups -OCH3 is 2. The lowest BCUT2D eigenvalue weighted by Crippen LogP contribution is -2.19. The van der Waals surface area contributed by atoms with Gasteiger partial charge in [-0.1, -0.05) is 35.9 Å². The summed E-state index contributed by atoms with van der Waals surface area (Å²) in [7, 11) is 3.24. The summed E-state index contributed by atoms with van der Waals surface area (Å²) in [4.78, 5) is 12.9. The van der Waals surface area contributed by atoms with Gasteiger partial charge in [-0.3, -0.25) is 0 Å². The maximum Gasteiger partial charge on any atom is 0.196 e. The van der Waals surface area contributed by atoms with Gasteiger partial charge < -0.3 is 19.6 Å². The number of nitrogens with zero attached hydrogens (tertiary/aromatic N) is 2. The van der Waals surface area contributed by atoms with Crippen LogP contribution in [0.5, 0.6) is 17.4 Å². The summed E-state index contributed by atoms with van der Waals surface area (Å²) in [5.74, 6) is 1.37. The van der Waals surface area contributed by atoms with E-state index in [-0.39, 0.29) is 5.88 Å². The Labute approximate surface area is 205 Å². The fourth-order valence-electron chi connectivity index (χ4n) is 4.49.